The molecule has 0 spiro atoms. The third kappa shape index (κ3) is 3.45. The summed E-state index contributed by atoms with van der Waals surface area (Å²) in [7, 11) is 0. The number of carbonyl (C=O) groups is 2. The fraction of sp³-hybridized carbons (Fsp3) is 0.600. The van der Waals surface area contributed by atoms with Crippen LogP contribution in [0.1, 0.15) is 47.8 Å². The normalized spacial score (nSPS) is 18.1. The summed E-state index contributed by atoms with van der Waals surface area (Å²) in [4.78, 5) is 39.5. The number of anilines is 1. The quantitative estimate of drug-likeness (QED) is 0.732. The molecular formula is C20H26N4O3S. The Morgan fingerprint density at radius 2 is 1.89 bits per heavy atom. The first-order valence-electron chi connectivity index (χ1n) is 10.0. The van der Waals surface area contributed by atoms with E-state index in [2.05, 4.69) is 14.9 Å². The number of ether oxygens (including phenoxy) is 1. The average molecular weight is 403 g/mol. The molecule has 2 aliphatic heterocycles. The van der Waals surface area contributed by atoms with E-state index in [0.717, 1.165) is 73.5 Å². The van der Waals surface area contributed by atoms with Gasteiger partial charge in [0.05, 0.1) is 12.0 Å². The number of thiophene rings is 1. The lowest BCUT2D eigenvalue weighted by Gasteiger charge is -2.34. The Balaban J connectivity index is 1.53. The maximum atomic E-state index is 12.7. The van der Waals surface area contributed by atoms with E-state index in [4.69, 9.17) is 4.74 Å². The monoisotopic (exact) mass is 402 g/mol. The molecule has 2 saturated heterocycles. The Morgan fingerprint density at radius 3 is 2.57 bits per heavy atom. The summed E-state index contributed by atoms with van der Waals surface area (Å²) in [5, 5.41) is 0.930. The van der Waals surface area contributed by atoms with Gasteiger partial charge in [-0.2, -0.15) is 0 Å². The number of carbonyl (C=O) groups excluding carboxylic acids is 2. The van der Waals surface area contributed by atoms with Gasteiger partial charge in [0.15, 0.2) is 0 Å². The number of nitrogens with zero attached hydrogens (tertiary/aromatic N) is 4. The molecule has 0 bridgehead atoms. The van der Waals surface area contributed by atoms with Gasteiger partial charge in [-0.25, -0.2) is 14.8 Å². The van der Waals surface area contributed by atoms with Gasteiger partial charge in [-0.15, -0.1) is 11.3 Å². The Hall–Kier alpha value is -2.22. The molecule has 28 heavy (non-hydrogen) atoms. The van der Waals surface area contributed by atoms with E-state index in [-0.39, 0.29) is 11.9 Å². The number of esters is 1. The highest BCUT2D eigenvalue weighted by atomic mass is 32.1. The summed E-state index contributed by atoms with van der Waals surface area (Å²) < 4.78 is 5.18. The molecule has 1 amide bonds. The van der Waals surface area contributed by atoms with Gasteiger partial charge in [-0.05, 0) is 45.1 Å². The van der Waals surface area contributed by atoms with Crippen molar-refractivity contribution in [3.8, 4) is 0 Å². The zero-order chi connectivity index (χ0) is 19.7. The molecule has 2 aromatic rings. The van der Waals surface area contributed by atoms with Crippen LogP contribution in [0.15, 0.2) is 6.33 Å². The van der Waals surface area contributed by atoms with Crippen molar-refractivity contribution in [1.82, 2.24) is 14.9 Å². The Bertz CT molecular complexity index is 883. The zero-order valence-corrected chi connectivity index (χ0v) is 17.3. The molecule has 2 aromatic heterocycles. The predicted molar refractivity (Wildman–Crippen MR) is 109 cm³/mol. The van der Waals surface area contributed by atoms with Crippen LogP contribution < -0.4 is 4.90 Å². The van der Waals surface area contributed by atoms with Crippen LogP contribution in [0.4, 0.5) is 5.82 Å². The number of amides is 1. The van der Waals surface area contributed by atoms with Crippen molar-refractivity contribution in [2.45, 2.75) is 39.5 Å². The molecule has 0 aliphatic carbocycles. The minimum atomic E-state index is -0.302. The topological polar surface area (TPSA) is 75.6 Å². The summed E-state index contributed by atoms with van der Waals surface area (Å²) in [5.41, 5.74) is 0.879. The van der Waals surface area contributed by atoms with Crippen molar-refractivity contribution in [3.05, 3.63) is 16.8 Å². The van der Waals surface area contributed by atoms with Gasteiger partial charge in [0, 0.05) is 32.1 Å². The van der Waals surface area contributed by atoms with Crippen molar-refractivity contribution in [2.24, 2.45) is 5.92 Å². The number of aromatic nitrogens is 2. The van der Waals surface area contributed by atoms with Crippen LogP contribution in [-0.2, 0) is 9.53 Å². The largest absolute Gasteiger partial charge is 0.462 e. The van der Waals surface area contributed by atoms with Crippen LogP contribution in [-0.4, -0.2) is 59.5 Å². The molecule has 4 rings (SSSR count). The smallest absolute Gasteiger partial charge is 0.348 e. The molecule has 8 heteroatoms. The second-order valence-electron chi connectivity index (χ2n) is 7.45. The van der Waals surface area contributed by atoms with Gasteiger partial charge >= 0.3 is 5.97 Å². The third-order valence-corrected chi connectivity index (χ3v) is 6.91. The predicted octanol–water partition coefficient (Wildman–Crippen LogP) is 3.02. The molecule has 2 fully saturated rings. The second kappa shape index (κ2) is 8.03. The molecule has 0 saturated carbocycles. The van der Waals surface area contributed by atoms with Crippen molar-refractivity contribution >= 4 is 39.2 Å². The molecule has 7 nitrogen and oxygen atoms in total. The van der Waals surface area contributed by atoms with Gasteiger partial charge in [0.2, 0.25) is 5.91 Å². The molecule has 0 radical (unpaired) electrons. The van der Waals surface area contributed by atoms with Crippen LogP contribution >= 0.6 is 11.3 Å². The maximum Gasteiger partial charge on any atom is 0.348 e. The second-order valence-corrected chi connectivity index (χ2v) is 8.45. The number of hydrogen-bond donors (Lipinski definition) is 0. The lowest BCUT2D eigenvalue weighted by Crippen LogP contribution is -2.42. The lowest BCUT2D eigenvalue weighted by molar-refractivity contribution is -0.135. The highest BCUT2D eigenvalue weighted by Crippen LogP contribution is 2.36. The van der Waals surface area contributed by atoms with Gasteiger partial charge in [0.25, 0.3) is 0 Å². The highest BCUT2D eigenvalue weighted by Gasteiger charge is 2.31. The van der Waals surface area contributed by atoms with Crippen LogP contribution in [0.5, 0.6) is 0 Å². The Kier molecular flexibility index (Phi) is 5.48. The van der Waals surface area contributed by atoms with Crippen LogP contribution in [0.25, 0.3) is 10.2 Å². The van der Waals surface area contributed by atoms with E-state index in [1.807, 2.05) is 11.8 Å². The molecule has 2 aliphatic rings. The first-order valence-corrected chi connectivity index (χ1v) is 10.9. The van der Waals surface area contributed by atoms with Gasteiger partial charge in [-0.1, -0.05) is 0 Å². The van der Waals surface area contributed by atoms with Crippen molar-refractivity contribution in [3.63, 3.8) is 0 Å². The van der Waals surface area contributed by atoms with Crippen LogP contribution in [0.2, 0.25) is 0 Å². The van der Waals surface area contributed by atoms with Gasteiger partial charge in [0.1, 0.15) is 21.9 Å². The van der Waals surface area contributed by atoms with E-state index in [1.54, 1.807) is 13.3 Å². The van der Waals surface area contributed by atoms with E-state index in [0.29, 0.717) is 17.4 Å². The Labute approximate surface area is 168 Å². The van der Waals surface area contributed by atoms with Gasteiger partial charge < -0.3 is 14.5 Å². The first kappa shape index (κ1) is 19.1. The summed E-state index contributed by atoms with van der Waals surface area (Å²) in [5.74, 6) is 0.997. The Morgan fingerprint density at radius 1 is 1.18 bits per heavy atom. The van der Waals surface area contributed by atoms with Crippen molar-refractivity contribution in [1.29, 1.82) is 0 Å². The molecule has 0 aromatic carbocycles. The molecule has 0 N–H and O–H groups in total. The minimum Gasteiger partial charge on any atom is -0.462 e. The SMILES string of the molecule is CCOC(=O)c1sc2ncnc(N3CCC(C(=O)N4CCCC4)CC3)c2c1C. The van der Waals surface area contributed by atoms with E-state index < -0.39 is 0 Å². The molecule has 150 valence electrons. The summed E-state index contributed by atoms with van der Waals surface area (Å²) in [6.07, 6.45) is 5.50. The zero-order valence-electron chi connectivity index (χ0n) is 16.4. The van der Waals surface area contributed by atoms with Crippen molar-refractivity contribution in [2.75, 3.05) is 37.7 Å². The average Bonchev–Trinajstić information content (AvgIpc) is 3.36. The number of hydrogen-bond acceptors (Lipinski definition) is 7. The first-order chi connectivity index (χ1) is 13.6. The number of piperidine rings is 1. The summed E-state index contributed by atoms with van der Waals surface area (Å²) >= 11 is 1.36. The third-order valence-electron chi connectivity index (χ3n) is 5.73. The number of likely N-dealkylation sites (tertiary alicyclic amines) is 1. The lowest BCUT2D eigenvalue weighted by atomic mass is 9.95. The standard InChI is InChI=1S/C20H26N4O3S/c1-3-27-20(26)16-13(2)15-17(21-12-22-18(15)28-16)23-10-6-14(7-11-23)19(25)24-8-4-5-9-24/h12,14H,3-11H2,1-2H3. The van der Waals surface area contributed by atoms with Crippen LogP contribution in [0, 0.1) is 12.8 Å². The van der Waals surface area contributed by atoms with E-state index in [9.17, 15) is 9.59 Å². The highest BCUT2D eigenvalue weighted by molar-refractivity contribution is 7.20. The summed E-state index contributed by atoms with van der Waals surface area (Å²) in [6, 6.07) is 0. The molecule has 0 atom stereocenters. The van der Waals surface area contributed by atoms with Crippen LogP contribution in [0.3, 0.4) is 0 Å². The molecule has 0 unspecified atom stereocenters. The van der Waals surface area contributed by atoms with Crippen molar-refractivity contribution < 1.29 is 14.3 Å². The number of aryl methyl sites for hydroxylation is 1. The van der Waals surface area contributed by atoms with E-state index >= 15 is 0 Å². The molecule has 4 heterocycles. The molecular weight excluding hydrogens is 376 g/mol. The fourth-order valence-electron chi connectivity index (χ4n) is 4.22. The maximum absolute atomic E-state index is 12.7. The van der Waals surface area contributed by atoms with Gasteiger partial charge in [-0.3, -0.25) is 4.79 Å². The summed E-state index contributed by atoms with van der Waals surface area (Å²) in [6.45, 7) is 7.50. The number of fused-ring (bicyclic) bond motifs is 1. The van der Waals surface area contributed by atoms with E-state index in [1.165, 1.54) is 11.3 Å². The number of rotatable bonds is 4. The minimum absolute atomic E-state index is 0.116. The fourth-order valence-corrected chi connectivity index (χ4v) is 5.26.